The maximum atomic E-state index is 12.3. The van der Waals surface area contributed by atoms with Crippen molar-refractivity contribution in [1.82, 2.24) is 5.32 Å². The van der Waals surface area contributed by atoms with Gasteiger partial charge in [-0.2, -0.15) is 5.26 Å². The number of carbonyl (C=O) groups excluding carboxylic acids is 2. The first-order valence-corrected chi connectivity index (χ1v) is 9.95. The van der Waals surface area contributed by atoms with Gasteiger partial charge in [0.1, 0.15) is 0 Å². The van der Waals surface area contributed by atoms with Gasteiger partial charge in [-0.1, -0.05) is 59.3 Å². The second-order valence-electron chi connectivity index (χ2n) is 6.77. The first-order chi connectivity index (χ1) is 13.5. The zero-order valence-corrected chi connectivity index (χ0v) is 16.6. The highest BCUT2D eigenvalue weighted by molar-refractivity contribution is 8.03. The summed E-state index contributed by atoms with van der Waals surface area (Å²) in [7, 11) is 0. The van der Waals surface area contributed by atoms with Crippen molar-refractivity contribution in [3.63, 3.8) is 0 Å². The van der Waals surface area contributed by atoms with Gasteiger partial charge >= 0.3 is 0 Å². The molecule has 28 heavy (non-hydrogen) atoms. The van der Waals surface area contributed by atoms with Gasteiger partial charge in [0, 0.05) is 18.0 Å². The third-order valence-corrected chi connectivity index (χ3v) is 5.54. The molecule has 1 aliphatic heterocycles. The number of hydrogen-bond acceptors (Lipinski definition) is 4. The maximum Gasteiger partial charge on any atom is 0.234 e. The van der Waals surface area contributed by atoms with Crippen LogP contribution < -0.4 is 10.6 Å². The van der Waals surface area contributed by atoms with Crippen LogP contribution in [0.3, 0.4) is 0 Å². The molecule has 142 valence electrons. The number of rotatable bonds is 5. The highest BCUT2D eigenvalue weighted by atomic mass is 32.2. The van der Waals surface area contributed by atoms with Crippen LogP contribution in [0.1, 0.15) is 29.0 Å². The molecule has 0 spiro atoms. The quantitative estimate of drug-likeness (QED) is 0.807. The van der Waals surface area contributed by atoms with Crippen molar-refractivity contribution in [2.24, 2.45) is 0 Å². The molecule has 0 aliphatic carbocycles. The molecule has 2 aromatic carbocycles. The lowest BCUT2D eigenvalue weighted by atomic mass is 9.87. The van der Waals surface area contributed by atoms with Crippen LogP contribution in [0.2, 0.25) is 0 Å². The molecule has 5 nitrogen and oxygen atoms in total. The minimum Gasteiger partial charge on any atom is -0.325 e. The number of allylic oxidation sites excluding steroid dienone is 1. The van der Waals surface area contributed by atoms with E-state index in [1.807, 2.05) is 62.4 Å². The summed E-state index contributed by atoms with van der Waals surface area (Å²) in [5.74, 6) is -0.520. The predicted molar refractivity (Wildman–Crippen MR) is 112 cm³/mol. The maximum absolute atomic E-state index is 12.3. The Morgan fingerprint density at radius 3 is 2.36 bits per heavy atom. The summed E-state index contributed by atoms with van der Waals surface area (Å²) in [4.78, 5) is 24.4. The summed E-state index contributed by atoms with van der Waals surface area (Å²) >= 11 is 1.18. The van der Waals surface area contributed by atoms with E-state index in [2.05, 4.69) is 16.7 Å². The van der Waals surface area contributed by atoms with Gasteiger partial charge in [0.05, 0.1) is 22.4 Å². The van der Waals surface area contributed by atoms with E-state index in [1.165, 1.54) is 11.8 Å². The average Bonchev–Trinajstić information content (AvgIpc) is 2.68. The summed E-state index contributed by atoms with van der Waals surface area (Å²) in [5.41, 5.74) is 4.38. The normalized spacial score (nSPS) is 16.3. The number of carbonyl (C=O) groups is 2. The molecule has 1 heterocycles. The Hall–Kier alpha value is -3.04. The predicted octanol–water partition coefficient (Wildman–Crippen LogP) is 4.01. The van der Waals surface area contributed by atoms with Gasteiger partial charge in [0.25, 0.3) is 0 Å². The van der Waals surface area contributed by atoms with Gasteiger partial charge in [-0.05, 0) is 31.5 Å². The highest BCUT2D eigenvalue weighted by Gasteiger charge is 2.29. The van der Waals surface area contributed by atoms with E-state index in [9.17, 15) is 14.9 Å². The number of hydrogen-bond donors (Lipinski definition) is 2. The van der Waals surface area contributed by atoms with Crippen LogP contribution in [0, 0.1) is 25.2 Å². The van der Waals surface area contributed by atoms with Gasteiger partial charge < -0.3 is 10.6 Å². The van der Waals surface area contributed by atoms with E-state index in [0.29, 0.717) is 10.6 Å². The summed E-state index contributed by atoms with van der Waals surface area (Å²) in [6, 6.07) is 17.6. The van der Waals surface area contributed by atoms with E-state index in [-0.39, 0.29) is 29.9 Å². The topological polar surface area (TPSA) is 82.0 Å². The number of benzene rings is 2. The summed E-state index contributed by atoms with van der Waals surface area (Å²) in [6.45, 7) is 3.97. The van der Waals surface area contributed by atoms with Crippen molar-refractivity contribution in [2.45, 2.75) is 26.2 Å². The molecule has 2 aromatic rings. The van der Waals surface area contributed by atoms with Crippen molar-refractivity contribution < 1.29 is 9.59 Å². The van der Waals surface area contributed by atoms with Crippen molar-refractivity contribution in [3.05, 3.63) is 75.8 Å². The molecular weight excluding hydrogens is 370 g/mol. The zero-order valence-electron chi connectivity index (χ0n) is 15.8. The average molecular weight is 391 g/mol. The molecule has 0 radical (unpaired) electrons. The first kappa shape index (κ1) is 19.7. The Morgan fingerprint density at radius 2 is 1.75 bits per heavy atom. The number of anilines is 1. The van der Waals surface area contributed by atoms with Crippen molar-refractivity contribution in [3.8, 4) is 6.07 Å². The Bertz CT molecular complexity index is 957. The lowest BCUT2D eigenvalue weighted by Crippen LogP contribution is -2.31. The smallest absolute Gasteiger partial charge is 0.234 e. The van der Waals surface area contributed by atoms with Gasteiger partial charge in [-0.15, -0.1) is 0 Å². The van der Waals surface area contributed by atoms with Crippen molar-refractivity contribution in [1.29, 1.82) is 5.26 Å². The number of amides is 2. The minimum absolute atomic E-state index is 0.106. The molecule has 0 fully saturated rings. The molecule has 3 rings (SSSR count). The van der Waals surface area contributed by atoms with E-state index in [0.717, 1.165) is 22.4 Å². The van der Waals surface area contributed by atoms with Crippen LogP contribution in [0.25, 0.3) is 0 Å². The molecule has 0 saturated carbocycles. The second kappa shape index (κ2) is 8.77. The summed E-state index contributed by atoms with van der Waals surface area (Å²) < 4.78 is 0. The van der Waals surface area contributed by atoms with Crippen LogP contribution in [0.4, 0.5) is 5.69 Å². The minimum atomic E-state index is -0.290. The monoisotopic (exact) mass is 391 g/mol. The van der Waals surface area contributed by atoms with Crippen LogP contribution in [-0.2, 0) is 9.59 Å². The van der Waals surface area contributed by atoms with Gasteiger partial charge in [-0.3, -0.25) is 9.59 Å². The zero-order chi connectivity index (χ0) is 20.1. The molecule has 0 unspecified atom stereocenters. The van der Waals surface area contributed by atoms with E-state index in [4.69, 9.17) is 0 Å². The number of aryl methyl sites for hydroxylation is 2. The fraction of sp³-hybridized carbons (Fsp3) is 0.227. The number of thioether (sulfide) groups is 1. The summed E-state index contributed by atoms with van der Waals surface area (Å²) in [5, 5.41) is 15.7. The van der Waals surface area contributed by atoms with E-state index < -0.39 is 0 Å². The van der Waals surface area contributed by atoms with Crippen LogP contribution in [0.15, 0.2) is 59.1 Å². The number of nitriles is 1. The standard InChI is InChI=1S/C22H21N3O2S/c1-14-3-7-16(8-4-14)18-11-20(26)25-22(19(18)12-23)28-13-21(27)24-17-9-5-15(2)6-10-17/h3-10,18H,11,13H2,1-2H3,(H,24,27)(H,25,26)/t18-/m0/s1. The third-order valence-electron chi connectivity index (χ3n) is 4.52. The molecule has 1 aliphatic rings. The number of nitrogens with zero attached hydrogens (tertiary/aromatic N) is 1. The van der Waals surface area contributed by atoms with E-state index >= 15 is 0 Å². The molecule has 2 amide bonds. The molecule has 0 bridgehead atoms. The molecule has 0 aromatic heterocycles. The van der Waals surface area contributed by atoms with E-state index in [1.54, 1.807) is 0 Å². The lowest BCUT2D eigenvalue weighted by molar-refractivity contribution is -0.121. The van der Waals surface area contributed by atoms with Crippen LogP contribution in [0.5, 0.6) is 0 Å². The van der Waals surface area contributed by atoms with Crippen molar-refractivity contribution >= 4 is 29.3 Å². The van der Waals surface area contributed by atoms with Gasteiger partial charge in [-0.25, -0.2) is 0 Å². The largest absolute Gasteiger partial charge is 0.325 e. The lowest BCUT2D eigenvalue weighted by Gasteiger charge is -2.25. The molecular formula is C22H21N3O2S. The fourth-order valence-corrected chi connectivity index (χ4v) is 3.87. The summed E-state index contributed by atoms with van der Waals surface area (Å²) in [6.07, 6.45) is 0.228. The van der Waals surface area contributed by atoms with Crippen molar-refractivity contribution in [2.75, 3.05) is 11.1 Å². The molecule has 1 atom stereocenters. The Morgan fingerprint density at radius 1 is 1.14 bits per heavy atom. The van der Waals surface area contributed by atoms with Gasteiger partial charge in [0.2, 0.25) is 11.8 Å². The molecule has 6 heteroatoms. The molecule has 2 N–H and O–H groups in total. The van der Waals surface area contributed by atoms with Crippen LogP contribution in [-0.4, -0.2) is 17.6 Å². The first-order valence-electron chi connectivity index (χ1n) is 8.96. The Balaban J connectivity index is 1.73. The fourth-order valence-electron chi connectivity index (χ4n) is 2.99. The number of nitrogens with one attached hydrogen (secondary N) is 2. The highest BCUT2D eigenvalue weighted by Crippen LogP contribution is 2.36. The molecule has 0 saturated heterocycles. The Labute approximate surface area is 168 Å². The third kappa shape index (κ3) is 4.81. The van der Waals surface area contributed by atoms with Gasteiger partial charge in [0.15, 0.2) is 0 Å². The Kier molecular flexibility index (Phi) is 6.17. The SMILES string of the molecule is Cc1ccc(NC(=O)CSC2=C(C#N)[C@H](c3ccc(C)cc3)CC(=O)N2)cc1. The van der Waals surface area contributed by atoms with Crippen LogP contribution >= 0.6 is 11.8 Å². The second-order valence-corrected chi connectivity index (χ2v) is 7.76.